The van der Waals surface area contributed by atoms with Crippen LogP contribution in [-0.4, -0.2) is 22.5 Å². The molecule has 22 heavy (non-hydrogen) atoms. The lowest BCUT2D eigenvalue weighted by Crippen LogP contribution is -2.22. The minimum Gasteiger partial charge on any atom is -0.397 e. The molecule has 0 saturated carbocycles. The Hall–Kier alpha value is -0.853. The number of hydrogen-bond acceptors (Lipinski definition) is 2. The fourth-order valence-electron chi connectivity index (χ4n) is 2.33. The van der Waals surface area contributed by atoms with Crippen molar-refractivity contribution >= 4 is 9.28 Å². The zero-order valence-corrected chi connectivity index (χ0v) is 14.5. The van der Waals surface area contributed by atoms with Gasteiger partial charge in [-0.3, -0.25) is 0 Å². The van der Waals surface area contributed by atoms with Crippen LogP contribution in [0.2, 0.25) is 6.04 Å². The van der Waals surface area contributed by atoms with Gasteiger partial charge in [-0.15, -0.1) is 0 Å². The smallest absolute Gasteiger partial charge is 0.321 e. The average molecular weight is 334 g/mol. The molecule has 0 aromatic heterocycles. The Morgan fingerprint density at radius 2 is 1.41 bits per heavy atom. The summed E-state index contributed by atoms with van der Waals surface area (Å²) in [5.41, 5.74) is 0.507. The van der Waals surface area contributed by atoms with Gasteiger partial charge < -0.3 is 8.85 Å². The van der Waals surface area contributed by atoms with Gasteiger partial charge in [-0.2, -0.15) is 0 Å². The fraction of sp³-hybridized carbons (Fsp3) is 0.625. The summed E-state index contributed by atoms with van der Waals surface area (Å²) in [5.74, 6) is -3.62. The third kappa shape index (κ3) is 6.94. The van der Waals surface area contributed by atoms with Gasteiger partial charge in [-0.25, -0.2) is 13.2 Å². The molecule has 126 valence electrons. The molecule has 0 atom stereocenters. The molecule has 0 N–H and O–H groups in total. The van der Waals surface area contributed by atoms with E-state index in [4.69, 9.17) is 8.85 Å². The molecule has 1 rings (SSSR count). The van der Waals surface area contributed by atoms with E-state index in [0.29, 0.717) is 25.2 Å². The molecule has 0 spiro atoms. The van der Waals surface area contributed by atoms with Crippen molar-refractivity contribution in [2.24, 2.45) is 0 Å². The molecule has 0 radical (unpaired) electrons. The maximum Gasteiger partial charge on any atom is 0.321 e. The number of aryl methyl sites for hydroxylation is 1. The van der Waals surface area contributed by atoms with Crippen LogP contribution in [0.5, 0.6) is 0 Å². The second kappa shape index (κ2) is 10.8. The molecular formula is C16H25F3O2Si. The molecule has 0 bridgehead atoms. The number of benzene rings is 1. The first kappa shape index (κ1) is 19.2. The van der Waals surface area contributed by atoms with E-state index < -0.39 is 26.7 Å². The van der Waals surface area contributed by atoms with Crippen molar-refractivity contribution < 1.29 is 22.0 Å². The summed E-state index contributed by atoms with van der Waals surface area (Å²) in [6.45, 7) is 5.33. The van der Waals surface area contributed by atoms with Crippen molar-refractivity contribution in [1.29, 1.82) is 0 Å². The lowest BCUT2D eigenvalue weighted by atomic mass is 10.1. The Morgan fingerprint density at radius 3 is 1.95 bits per heavy atom. The van der Waals surface area contributed by atoms with Crippen LogP contribution in [0.25, 0.3) is 0 Å². The molecule has 6 heteroatoms. The zero-order valence-electron chi connectivity index (χ0n) is 13.3. The Labute approximate surface area is 132 Å². The lowest BCUT2D eigenvalue weighted by molar-refractivity contribution is 0.212. The maximum absolute atomic E-state index is 13.1. The quantitative estimate of drug-likeness (QED) is 0.337. The SMILES string of the molecule is CCO[SiH](CCCCCCc1cc(F)c(F)c(F)c1)OCC. The van der Waals surface area contributed by atoms with Crippen molar-refractivity contribution in [1.82, 2.24) is 0 Å². The number of hydrogen-bond donors (Lipinski definition) is 0. The summed E-state index contributed by atoms with van der Waals surface area (Å²) in [4.78, 5) is 0. The van der Waals surface area contributed by atoms with E-state index in [1.807, 2.05) is 13.8 Å². The van der Waals surface area contributed by atoms with Crippen molar-refractivity contribution in [3.63, 3.8) is 0 Å². The average Bonchev–Trinajstić information content (AvgIpc) is 2.48. The van der Waals surface area contributed by atoms with E-state index in [-0.39, 0.29) is 0 Å². The summed E-state index contributed by atoms with van der Waals surface area (Å²) < 4.78 is 50.1. The fourth-order valence-corrected chi connectivity index (χ4v) is 4.13. The normalized spacial score (nSPS) is 11.4. The molecule has 0 aliphatic carbocycles. The summed E-state index contributed by atoms with van der Waals surface area (Å²) in [6.07, 6.45) is 4.45. The second-order valence-electron chi connectivity index (χ2n) is 5.17. The van der Waals surface area contributed by atoms with E-state index >= 15 is 0 Å². The Balaban J connectivity index is 2.20. The van der Waals surface area contributed by atoms with Gasteiger partial charge in [0.05, 0.1) is 0 Å². The van der Waals surface area contributed by atoms with Gasteiger partial charge in [-0.05, 0) is 50.4 Å². The molecule has 0 fully saturated rings. The van der Waals surface area contributed by atoms with Gasteiger partial charge >= 0.3 is 9.28 Å². The predicted molar refractivity (Wildman–Crippen MR) is 83.7 cm³/mol. The van der Waals surface area contributed by atoms with E-state index in [9.17, 15) is 13.2 Å². The molecule has 0 aliphatic heterocycles. The highest BCUT2D eigenvalue weighted by Crippen LogP contribution is 2.16. The summed E-state index contributed by atoms with van der Waals surface area (Å²) in [5, 5.41) is 0. The highest BCUT2D eigenvalue weighted by atomic mass is 28.3. The number of rotatable bonds is 11. The van der Waals surface area contributed by atoms with Crippen LogP contribution in [0.1, 0.15) is 45.1 Å². The third-order valence-electron chi connectivity index (χ3n) is 3.40. The lowest BCUT2D eigenvalue weighted by Gasteiger charge is -2.14. The first-order chi connectivity index (χ1) is 10.6. The summed E-state index contributed by atoms with van der Waals surface area (Å²) in [6, 6.07) is 3.14. The van der Waals surface area contributed by atoms with Crippen molar-refractivity contribution in [2.45, 2.75) is 52.0 Å². The van der Waals surface area contributed by atoms with Gasteiger partial charge in [0.2, 0.25) is 0 Å². The van der Waals surface area contributed by atoms with Crippen LogP contribution in [0, 0.1) is 17.5 Å². The van der Waals surface area contributed by atoms with Gasteiger partial charge in [0.1, 0.15) is 0 Å². The van der Waals surface area contributed by atoms with E-state index in [0.717, 1.165) is 43.9 Å². The Kier molecular flexibility index (Phi) is 9.43. The van der Waals surface area contributed by atoms with Gasteiger partial charge in [-0.1, -0.05) is 19.3 Å². The Bertz CT molecular complexity index is 414. The van der Waals surface area contributed by atoms with Crippen molar-refractivity contribution in [3.05, 3.63) is 35.1 Å². The molecule has 0 heterocycles. The molecule has 0 amide bonds. The van der Waals surface area contributed by atoms with Crippen LogP contribution < -0.4 is 0 Å². The van der Waals surface area contributed by atoms with E-state index in [1.54, 1.807) is 0 Å². The second-order valence-corrected chi connectivity index (χ2v) is 7.27. The highest BCUT2D eigenvalue weighted by molar-refractivity contribution is 6.44. The maximum atomic E-state index is 13.1. The third-order valence-corrected chi connectivity index (χ3v) is 5.69. The van der Waals surface area contributed by atoms with Gasteiger partial charge in [0.25, 0.3) is 0 Å². The number of unbranched alkanes of at least 4 members (excludes halogenated alkanes) is 3. The minimum absolute atomic E-state index is 0.507. The first-order valence-corrected chi connectivity index (χ1v) is 9.71. The van der Waals surface area contributed by atoms with E-state index in [1.165, 1.54) is 0 Å². The largest absolute Gasteiger partial charge is 0.397 e. The van der Waals surface area contributed by atoms with Crippen LogP contribution in [0.15, 0.2) is 12.1 Å². The van der Waals surface area contributed by atoms with E-state index in [2.05, 4.69) is 0 Å². The monoisotopic (exact) mass is 334 g/mol. The summed E-state index contributed by atoms with van der Waals surface area (Å²) in [7, 11) is -1.50. The molecule has 0 aliphatic rings. The molecule has 1 aromatic rings. The van der Waals surface area contributed by atoms with Crippen LogP contribution in [-0.2, 0) is 15.3 Å². The zero-order chi connectivity index (χ0) is 16.4. The van der Waals surface area contributed by atoms with Crippen LogP contribution >= 0.6 is 0 Å². The standard InChI is InChI=1S/C16H25F3O2Si/c1-3-20-22(21-4-2)10-8-6-5-7-9-13-11-14(17)16(19)15(18)12-13/h11-12,22H,3-10H2,1-2H3. The van der Waals surface area contributed by atoms with Crippen LogP contribution in [0.4, 0.5) is 13.2 Å². The number of halogens is 3. The molecule has 0 saturated heterocycles. The molecule has 1 aromatic carbocycles. The first-order valence-electron chi connectivity index (χ1n) is 7.95. The minimum atomic E-state index is -1.50. The predicted octanol–water partition coefficient (Wildman–Crippen LogP) is 4.50. The molecule has 0 unspecified atom stereocenters. The van der Waals surface area contributed by atoms with Gasteiger partial charge in [0.15, 0.2) is 17.5 Å². The van der Waals surface area contributed by atoms with Crippen LogP contribution in [0.3, 0.4) is 0 Å². The molecule has 2 nitrogen and oxygen atoms in total. The Morgan fingerprint density at radius 1 is 0.864 bits per heavy atom. The van der Waals surface area contributed by atoms with Crippen molar-refractivity contribution in [2.75, 3.05) is 13.2 Å². The van der Waals surface area contributed by atoms with Crippen molar-refractivity contribution in [3.8, 4) is 0 Å². The highest BCUT2D eigenvalue weighted by Gasteiger charge is 2.12. The van der Waals surface area contributed by atoms with Gasteiger partial charge in [0, 0.05) is 13.2 Å². The topological polar surface area (TPSA) is 18.5 Å². The molecular weight excluding hydrogens is 309 g/mol. The summed E-state index contributed by atoms with van der Waals surface area (Å²) >= 11 is 0.